The van der Waals surface area contributed by atoms with Gasteiger partial charge in [-0.1, -0.05) is 18.2 Å². The van der Waals surface area contributed by atoms with Crippen LogP contribution in [0.25, 0.3) is 0 Å². The number of fused-ring (bicyclic) bond motifs is 1. The van der Waals surface area contributed by atoms with Crippen LogP contribution in [0.2, 0.25) is 0 Å². The SMILES string of the molecule is CCN1c2c(cccc2CC(C)(C)C(=O)O)CC1C. The third-order valence-corrected chi connectivity index (χ3v) is 4.09. The number of carbonyl (C=O) groups is 1. The maximum atomic E-state index is 11.3. The number of benzene rings is 1. The Morgan fingerprint density at radius 2 is 2.16 bits per heavy atom. The van der Waals surface area contributed by atoms with Crippen molar-refractivity contribution in [1.82, 2.24) is 0 Å². The largest absolute Gasteiger partial charge is 0.481 e. The average Bonchev–Trinajstić information content (AvgIpc) is 2.65. The molecule has 1 unspecified atom stereocenters. The molecule has 0 spiro atoms. The molecule has 0 saturated heterocycles. The summed E-state index contributed by atoms with van der Waals surface area (Å²) in [7, 11) is 0. The molecule has 0 radical (unpaired) electrons. The molecule has 1 aromatic carbocycles. The second-order valence-corrected chi connectivity index (χ2v) is 6.13. The van der Waals surface area contributed by atoms with Crippen LogP contribution in [0.1, 0.15) is 38.8 Å². The van der Waals surface area contributed by atoms with E-state index in [-0.39, 0.29) is 0 Å². The van der Waals surface area contributed by atoms with Crippen LogP contribution in [-0.4, -0.2) is 23.7 Å². The van der Waals surface area contributed by atoms with Gasteiger partial charge in [0, 0.05) is 18.3 Å². The molecule has 0 fully saturated rings. The van der Waals surface area contributed by atoms with Gasteiger partial charge < -0.3 is 10.0 Å². The molecule has 1 aliphatic heterocycles. The summed E-state index contributed by atoms with van der Waals surface area (Å²) in [6, 6.07) is 6.80. The van der Waals surface area contributed by atoms with Crippen molar-refractivity contribution in [3.63, 3.8) is 0 Å². The number of aliphatic carboxylic acids is 1. The third-order valence-electron chi connectivity index (χ3n) is 4.09. The minimum absolute atomic E-state index is 0.508. The van der Waals surface area contributed by atoms with Gasteiger partial charge >= 0.3 is 5.97 Å². The standard InChI is InChI=1S/C16H23NO2/c1-5-17-11(2)9-12-7-6-8-13(14(12)17)10-16(3,4)15(18)19/h6-8,11H,5,9-10H2,1-4H3,(H,18,19). The monoisotopic (exact) mass is 261 g/mol. The van der Waals surface area contributed by atoms with Gasteiger partial charge in [0.05, 0.1) is 5.41 Å². The lowest BCUT2D eigenvalue weighted by Gasteiger charge is -2.27. The summed E-state index contributed by atoms with van der Waals surface area (Å²) in [6.07, 6.45) is 1.64. The van der Waals surface area contributed by atoms with E-state index in [1.54, 1.807) is 13.8 Å². The molecule has 0 amide bonds. The molecule has 2 rings (SSSR count). The normalized spacial score (nSPS) is 18.5. The van der Waals surface area contributed by atoms with Crippen molar-refractivity contribution in [3.05, 3.63) is 29.3 Å². The molecule has 1 aliphatic rings. The van der Waals surface area contributed by atoms with Crippen molar-refractivity contribution >= 4 is 11.7 Å². The Morgan fingerprint density at radius 1 is 1.47 bits per heavy atom. The summed E-state index contributed by atoms with van der Waals surface area (Å²) in [5.41, 5.74) is 3.07. The zero-order valence-corrected chi connectivity index (χ0v) is 12.2. The van der Waals surface area contributed by atoms with E-state index in [1.807, 2.05) is 0 Å². The van der Waals surface area contributed by atoms with Gasteiger partial charge in [0.15, 0.2) is 0 Å². The molecular weight excluding hydrogens is 238 g/mol. The highest BCUT2D eigenvalue weighted by atomic mass is 16.4. The molecule has 1 atom stereocenters. The number of likely N-dealkylation sites (N-methyl/N-ethyl adjacent to an activating group) is 1. The van der Waals surface area contributed by atoms with Gasteiger partial charge in [0.25, 0.3) is 0 Å². The Kier molecular flexibility index (Phi) is 3.57. The fraction of sp³-hybridized carbons (Fsp3) is 0.562. The number of carboxylic acid groups (broad SMARTS) is 1. The summed E-state index contributed by atoms with van der Waals surface area (Å²) in [6.45, 7) is 8.95. The number of carboxylic acids is 1. The van der Waals surface area contributed by atoms with E-state index in [1.165, 1.54) is 11.3 Å². The molecule has 0 saturated carbocycles. The summed E-state index contributed by atoms with van der Waals surface area (Å²) >= 11 is 0. The summed E-state index contributed by atoms with van der Waals surface area (Å²) < 4.78 is 0. The van der Waals surface area contributed by atoms with E-state index < -0.39 is 11.4 Å². The second-order valence-electron chi connectivity index (χ2n) is 6.13. The highest BCUT2D eigenvalue weighted by molar-refractivity contribution is 5.75. The molecule has 0 aliphatic carbocycles. The molecule has 0 aromatic heterocycles. The minimum atomic E-state index is -0.737. The van der Waals surface area contributed by atoms with Crippen molar-refractivity contribution in [2.75, 3.05) is 11.4 Å². The molecule has 1 N–H and O–H groups in total. The number of nitrogens with zero attached hydrogens (tertiary/aromatic N) is 1. The molecule has 3 heteroatoms. The molecule has 1 heterocycles. The Labute approximate surface area is 115 Å². The lowest BCUT2D eigenvalue weighted by Crippen LogP contribution is -2.31. The molecule has 3 nitrogen and oxygen atoms in total. The van der Waals surface area contributed by atoms with E-state index in [2.05, 4.69) is 36.9 Å². The van der Waals surface area contributed by atoms with Crippen molar-refractivity contribution in [1.29, 1.82) is 0 Å². The highest BCUT2D eigenvalue weighted by Crippen LogP contribution is 2.37. The summed E-state index contributed by atoms with van der Waals surface area (Å²) in [4.78, 5) is 13.7. The van der Waals surface area contributed by atoms with Crippen LogP contribution in [-0.2, 0) is 17.6 Å². The maximum Gasteiger partial charge on any atom is 0.309 e. The van der Waals surface area contributed by atoms with Crippen LogP contribution < -0.4 is 4.90 Å². The van der Waals surface area contributed by atoms with Crippen LogP contribution in [0.15, 0.2) is 18.2 Å². The Balaban J connectivity index is 2.39. The van der Waals surface area contributed by atoms with Crippen LogP contribution in [0.4, 0.5) is 5.69 Å². The number of rotatable bonds is 4. The van der Waals surface area contributed by atoms with Gasteiger partial charge in [0.2, 0.25) is 0 Å². The smallest absolute Gasteiger partial charge is 0.309 e. The first-order valence-electron chi connectivity index (χ1n) is 6.97. The van der Waals surface area contributed by atoms with Crippen LogP contribution in [0.3, 0.4) is 0 Å². The molecule has 0 bridgehead atoms. The fourth-order valence-electron chi connectivity index (χ4n) is 2.99. The zero-order valence-electron chi connectivity index (χ0n) is 12.2. The van der Waals surface area contributed by atoms with Gasteiger partial charge in [-0.25, -0.2) is 0 Å². The molecule has 1 aromatic rings. The van der Waals surface area contributed by atoms with Crippen LogP contribution in [0, 0.1) is 5.41 Å². The Bertz CT molecular complexity index is 494. The van der Waals surface area contributed by atoms with Gasteiger partial charge in [-0.3, -0.25) is 4.79 Å². The lowest BCUT2D eigenvalue weighted by atomic mass is 9.85. The van der Waals surface area contributed by atoms with Gasteiger partial charge in [-0.15, -0.1) is 0 Å². The van der Waals surface area contributed by atoms with Crippen LogP contribution in [0.5, 0.6) is 0 Å². The fourth-order valence-corrected chi connectivity index (χ4v) is 2.99. The second kappa shape index (κ2) is 4.87. The molecule has 104 valence electrons. The quantitative estimate of drug-likeness (QED) is 0.905. The Morgan fingerprint density at radius 3 is 2.74 bits per heavy atom. The van der Waals surface area contributed by atoms with E-state index in [0.29, 0.717) is 12.5 Å². The third kappa shape index (κ3) is 2.46. The summed E-state index contributed by atoms with van der Waals surface area (Å²) in [5, 5.41) is 9.31. The summed E-state index contributed by atoms with van der Waals surface area (Å²) in [5.74, 6) is -0.737. The first-order valence-corrected chi connectivity index (χ1v) is 6.97. The number of anilines is 1. The molecular formula is C16H23NO2. The van der Waals surface area contributed by atoms with E-state index in [4.69, 9.17) is 0 Å². The minimum Gasteiger partial charge on any atom is -0.481 e. The van der Waals surface area contributed by atoms with Crippen molar-refractivity contribution in [2.45, 2.75) is 46.6 Å². The van der Waals surface area contributed by atoms with E-state index in [0.717, 1.165) is 18.5 Å². The van der Waals surface area contributed by atoms with Crippen LogP contribution >= 0.6 is 0 Å². The van der Waals surface area contributed by atoms with Gasteiger partial charge in [-0.2, -0.15) is 0 Å². The van der Waals surface area contributed by atoms with E-state index in [9.17, 15) is 9.90 Å². The topological polar surface area (TPSA) is 40.5 Å². The van der Waals surface area contributed by atoms with E-state index >= 15 is 0 Å². The lowest BCUT2D eigenvalue weighted by molar-refractivity contribution is -0.146. The first kappa shape index (κ1) is 13.9. The Hall–Kier alpha value is -1.51. The average molecular weight is 261 g/mol. The van der Waals surface area contributed by atoms with Gasteiger partial charge in [0.1, 0.15) is 0 Å². The van der Waals surface area contributed by atoms with Crippen molar-refractivity contribution < 1.29 is 9.90 Å². The predicted molar refractivity (Wildman–Crippen MR) is 77.7 cm³/mol. The first-order chi connectivity index (χ1) is 8.86. The molecule has 19 heavy (non-hydrogen) atoms. The van der Waals surface area contributed by atoms with Crippen molar-refractivity contribution in [3.8, 4) is 0 Å². The highest BCUT2D eigenvalue weighted by Gasteiger charge is 2.32. The predicted octanol–water partition coefficient (Wildman–Crippen LogP) is 3.11. The number of hydrogen-bond acceptors (Lipinski definition) is 2. The van der Waals surface area contributed by atoms with Crippen molar-refractivity contribution in [2.24, 2.45) is 5.41 Å². The number of para-hydroxylation sites is 1. The maximum absolute atomic E-state index is 11.3. The number of hydrogen-bond donors (Lipinski definition) is 1. The van der Waals surface area contributed by atoms with Gasteiger partial charge in [-0.05, 0) is 51.7 Å². The zero-order chi connectivity index (χ0) is 14.2.